The Kier molecular flexibility index (Phi) is 4.05. The smallest absolute Gasteiger partial charge is 0.238 e. The fraction of sp³-hybridized carbons (Fsp3) is 0.500. The molecule has 1 atom stereocenters. The van der Waals surface area contributed by atoms with E-state index in [4.69, 9.17) is 0 Å². The van der Waals surface area contributed by atoms with Gasteiger partial charge in [0.15, 0.2) is 0 Å². The zero-order chi connectivity index (χ0) is 10.5. The molecule has 82 valence electrons. The van der Waals surface area contributed by atoms with Gasteiger partial charge in [-0.15, -0.1) is 23.1 Å². The highest BCUT2D eigenvalue weighted by molar-refractivity contribution is 7.99. The Hall–Kier alpha value is -0.520. The first-order valence-electron chi connectivity index (χ1n) is 4.97. The molecule has 2 N–H and O–H groups in total. The molecule has 1 aliphatic heterocycles. The Morgan fingerprint density at radius 2 is 2.60 bits per heavy atom. The summed E-state index contributed by atoms with van der Waals surface area (Å²) in [5.41, 5.74) is 0. The topological polar surface area (TPSA) is 41.1 Å². The molecule has 1 aromatic rings. The molecule has 15 heavy (non-hydrogen) atoms. The van der Waals surface area contributed by atoms with Gasteiger partial charge in [0.25, 0.3) is 0 Å². The average Bonchev–Trinajstić information content (AvgIpc) is 2.90. The minimum absolute atomic E-state index is 0.0123. The minimum atomic E-state index is 0.0123. The lowest BCUT2D eigenvalue weighted by Crippen LogP contribution is -2.42. The molecule has 0 unspecified atom stereocenters. The van der Waals surface area contributed by atoms with Crippen LogP contribution in [0.25, 0.3) is 0 Å². The summed E-state index contributed by atoms with van der Waals surface area (Å²) in [5, 5.41) is 8.17. The first-order chi connectivity index (χ1) is 7.36. The molecule has 5 heteroatoms. The Labute approximate surface area is 97.6 Å². The van der Waals surface area contributed by atoms with E-state index in [0.29, 0.717) is 0 Å². The van der Waals surface area contributed by atoms with Crippen molar-refractivity contribution in [2.45, 2.75) is 12.5 Å². The lowest BCUT2D eigenvalue weighted by atomic mass is 10.3. The zero-order valence-corrected chi connectivity index (χ0v) is 10.00. The number of nitrogens with one attached hydrogen (secondary N) is 2. The predicted molar refractivity (Wildman–Crippen MR) is 65.3 cm³/mol. The van der Waals surface area contributed by atoms with Crippen molar-refractivity contribution in [2.24, 2.45) is 0 Å². The van der Waals surface area contributed by atoms with Gasteiger partial charge in [0, 0.05) is 23.1 Å². The molecule has 2 rings (SSSR count). The van der Waals surface area contributed by atoms with Crippen LogP contribution in [-0.4, -0.2) is 30.1 Å². The van der Waals surface area contributed by atoms with Crippen LogP contribution in [0.2, 0.25) is 0 Å². The quantitative estimate of drug-likeness (QED) is 0.830. The van der Waals surface area contributed by atoms with Crippen LogP contribution >= 0.6 is 23.1 Å². The molecule has 3 nitrogen and oxygen atoms in total. The van der Waals surface area contributed by atoms with E-state index in [1.807, 2.05) is 6.07 Å². The van der Waals surface area contributed by atoms with Crippen LogP contribution in [0.15, 0.2) is 17.5 Å². The normalized spacial score (nSPS) is 20.4. The molecule has 0 aromatic carbocycles. The summed E-state index contributed by atoms with van der Waals surface area (Å²) in [6.07, 6.45) is 0.934. The maximum absolute atomic E-state index is 11.6. The molecule has 1 aliphatic rings. The van der Waals surface area contributed by atoms with Crippen molar-refractivity contribution in [3.05, 3.63) is 22.4 Å². The summed E-state index contributed by atoms with van der Waals surface area (Å²) >= 11 is 3.51. The number of thiophene rings is 1. The second-order valence-corrected chi connectivity index (χ2v) is 5.45. The highest BCUT2D eigenvalue weighted by Crippen LogP contribution is 2.10. The number of carbonyl (C=O) groups is 1. The molecule has 1 aromatic heterocycles. The minimum Gasteiger partial charge on any atom is -0.354 e. The fourth-order valence-electron chi connectivity index (χ4n) is 1.45. The second kappa shape index (κ2) is 5.53. The molecule has 1 fully saturated rings. The molecule has 1 saturated heterocycles. The molecule has 0 aliphatic carbocycles. The Balaban J connectivity index is 1.67. The van der Waals surface area contributed by atoms with Gasteiger partial charge >= 0.3 is 0 Å². The van der Waals surface area contributed by atoms with Crippen LogP contribution in [0.1, 0.15) is 4.88 Å². The van der Waals surface area contributed by atoms with Crippen LogP contribution in [0.4, 0.5) is 0 Å². The molecule has 0 saturated carbocycles. The summed E-state index contributed by atoms with van der Waals surface area (Å²) in [6, 6.07) is 4.15. The van der Waals surface area contributed by atoms with Crippen LogP contribution in [0.3, 0.4) is 0 Å². The van der Waals surface area contributed by atoms with Gasteiger partial charge in [-0.2, -0.15) is 0 Å². The third-order valence-electron chi connectivity index (χ3n) is 2.28. The van der Waals surface area contributed by atoms with Crippen molar-refractivity contribution >= 4 is 29.0 Å². The van der Waals surface area contributed by atoms with Crippen molar-refractivity contribution in [3.8, 4) is 0 Å². The van der Waals surface area contributed by atoms with E-state index in [0.717, 1.165) is 24.6 Å². The third kappa shape index (κ3) is 3.22. The van der Waals surface area contributed by atoms with Gasteiger partial charge in [0.2, 0.25) is 5.91 Å². The monoisotopic (exact) mass is 242 g/mol. The maximum atomic E-state index is 11.6. The Bertz CT molecular complexity index is 307. The summed E-state index contributed by atoms with van der Waals surface area (Å²) in [7, 11) is 0. The highest BCUT2D eigenvalue weighted by atomic mass is 32.2. The van der Waals surface area contributed by atoms with Crippen LogP contribution < -0.4 is 10.6 Å². The second-order valence-electron chi connectivity index (χ2n) is 3.39. The van der Waals surface area contributed by atoms with Crippen molar-refractivity contribution in [1.82, 2.24) is 10.6 Å². The predicted octanol–water partition coefficient (Wildman–Crippen LogP) is 1.07. The molecule has 0 bridgehead atoms. The van der Waals surface area contributed by atoms with Crippen molar-refractivity contribution < 1.29 is 4.79 Å². The third-order valence-corrected chi connectivity index (χ3v) is 4.16. The summed E-state index contributed by atoms with van der Waals surface area (Å²) in [6.45, 7) is 0.738. The van der Waals surface area contributed by atoms with Gasteiger partial charge in [-0.3, -0.25) is 10.1 Å². The number of carbonyl (C=O) groups excluding carboxylic acids is 1. The van der Waals surface area contributed by atoms with Gasteiger partial charge in [-0.05, 0) is 17.9 Å². The highest BCUT2D eigenvalue weighted by Gasteiger charge is 2.21. The largest absolute Gasteiger partial charge is 0.354 e. The number of rotatable bonds is 4. The van der Waals surface area contributed by atoms with E-state index in [1.54, 1.807) is 23.1 Å². The number of amides is 1. The summed E-state index contributed by atoms with van der Waals surface area (Å²) in [4.78, 5) is 12.9. The molecule has 1 amide bonds. The van der Waals surface area contributed by atoms with Gasteiger partial charge in [-0.1, -0.05) is 6.07 Å². The number of thioether (sulfide) groups is 1. The van der Waals surface area contributed by atoms with Crippen molar-refractivity contribution in [1.29, 1.82) is 0 Å². The average molecular weight is 242 g/mol. The van der Waals surface area contributed by atoms with Gasteiger partial charge < -0.3 is 5.32 Å². The SMILES string of the molecule is O=C(NCCc1cccs1)[C@H]1CSCN1. The van der Waals surface area contributed by atoms with E-state index in [-0.39, 0.29) is 11.9 Å². The molecular formula is C10H14N2OS2. The van der Waals surface area contributed by atoms with E-state index in [2.05, 4.69) is 22.1 Å². The van der Waals surface area contributed by atoms with Crippen LogP contribution in [0, 0.1) is 0 Å². The van der Waals surface area contributed by atoms with Gasteiger partial charge in [-0.25, -0.2) is 0 Å². The van der Waals surface area contributed by atoms with Crippen LogP contribution in [0.5, 0.6) is 0 Å². The Morgan fingerprint density at radius 1 is 1.67 bits per heavy atom. The fourth-order valence-corrected chi connectivity index (χ4v) is 3.10. The van der Waals surface area contributed by atoms with Crippen LogP contribution in [-0.2, 0) is 11.2 Å². The Morgan fingerprint density at radius 3 is 3.27 bits per heavy atom. The number of hydrogen-bond donors (Lipinski definition) is 2. The lowest BCUT2D eigenvalue weighted by Gasteiger charge is -2.09. The standard InChI is InChI=1S/C10H14N2OS2/c13-10(9-6-14-7-12-9)11-4-3-8-2-1-5-15-8/h1-2,5,9,12H,3-4,6-7H2,(H,11,13)/t9-/m1/s1. The van der Waals surface area contributed by atoms with E-state index < -0.39 is 0 Å². The first-order valence-corrected chi connectivity index (χ1v) is 7.01. The first kappa shape index (κ1) is 11.0. The molecular weight excluding hydrogens is 228 g/mol. The summed E-state index contributed by atoms with van der Waals surface area (Å²) in [5.74, 6) is 1.92. The molecule has 0 radical (unpaired) electrons. The van der Waals surface area contributed by atoms with E-state index in [9.17, 15) is 4.79 Å². The van der Waals surface area contributed by atoms with Crippen molar-refractivity contribution in [2.75, 3.05) is 18.2 Å². The van der Waals surface area contributed by atoms with E-state index in [1.165, 1.54) is 4.88 Å². The summed E-state index contributed by atoms with van der Waals surface area (Å²) < 4.78 is 0. The molecule has 2 heterocycles. The molecule has 0 spiro atoms. The lowest BCUT2D eigenvalue weighted by molar-refractivity contribution is -0.122. The zero-order valence-electron chi connectivity index (χ0n) is 8.36. The number of hydrogen-bond acceptors (Lipinski definition) is 4. The van der Waals surface area contributed by atoms with Crippen molar-refractivity contribution in [3.63, 3.8) is 0 Å². The maximum Gasteiger partial charge on any atom is 0.238 e. The van der Waals surface area contributed by atoms with Gasteiger partial charge in [0.05, 0.1) is 6.04 Å². The van der Waals surface area contributed by atoms with Gasteiger partial charge in [0.1, 0.15) is 0 Å². The van der Waals surface area contributed by atoms with E-state index >= 15 is 0 Å².